The average Bonchev–Trinajstić information content (AvgIpc) is 2.44. The molecule has 0 heterocycles. The van der Waals surface area contributed by atoms with Crippen LogP contribution in [0.4, 0.5) is 0 Å². The van der Waals surface area contributed by atoms with Gasteiger partial charge in [0.1, 0.15) is 0 Å². The van der Waals surface area contributed by atoms with Gasteiger partial charge in [0, 0.05) is 0 Å². The quantitative estimate of drug-likeness (QED) is 0.262. The summed E-state index contributed by atoms with van der Waals surface area (Å²) in [5, 5.41) is 0. The summed E-state index contributed by atoms with van der Waals surface area (Å²) in [5.74, 6) is 1.40. The highest BCUT2D eigenvalue weighted by Gasteiger charge is 2.24. The largest absolute Gasteiger partial charge is 0.350 e. The Morgan fingerprint density at radius 1 is 0.700 bits per heavy atom. The molecule has 0 saturated carbocycles. The number of nitrogens with zero attached hydrogens (tertiary/aromatic N) is 3. The molecule has 120 valence electrons. The van der Waals surface area contributed by atoms with Crippen LogP contribution in [0.25, 0.3) is 0 Å². The molecule has 0 aromatic heterocycles. The topological polar surface area (TPSA) is 9.49 Å². The molecule has 0 fully saturated rings. The van der Waals surface area contributed by atoms with Crippen LogP contribution in [0, 0.1) is 0 Å². The molecule has 0 aromatic carbocycles. The number of hydrogen-bond acceptors (Lipinski definition) is 0. The Morgan fingerprint density at radius 2 is 1.25 bits per heavy atom. The first-order valence-electron chi connectivity index (χ1n) is 8.66. The highest BCUT2D eigenvalue weighted by Crippen LogP contribution is 2.07. The zero-order valence-corrected chi connectivity index (χ0v) is 14.9. The van der Waals surface area contributed by atoms with E-state index in [-0.39, 0.29) is 0 Å². The lowest BCUT2D eigenvalue weighted by atomic mass is 10.2. The SMILES string of the molecule is CCCCCCN(CCCC)C(N(CC)CC)=[N+](C)C. The molecule has 0 amide bonds. The minimum Gasteiger partial charge on any atom is -0.270 e. The lowest BCUT2D eigenvalue weighted by Crippen LogP contribution is -2.49. The smallest absolute Gasteiger partial charge is 0.270 e. The van der Waals surface area contributed by atoms with E-state index in [1.54, 1.807) is 0 Å². The lowest BCUT2D eigenvalue weighted by molar-refractivity contribution is -0.476. The summed E-state index contributed by atoms with van der Waals surface area (Å²) in [5.41, 5.74) is 0. The van der Waals surface area contributed by atoms with E-state index < -0.39 is 0 Å². The second-order valence-corrected chi connectivity index (χ2v) is 5.77. The minimum atomic E-state index is 1.08. The van der Waals surface area contributed by atoms with Crippen molar-refractivity contribution in [2.24, 2.45) is 0 Å². The van der Waals surface area contributed by atoms with Crippen molar-refractivity contribution in [3.05, 3.63) is 0 Å². The summed E-state index contributed by atoms with van der Waals surface area (Å²) in [7, 11) is 4.36. The highest BCUT2D eigenvalue weighted by atomic mass is 15.4. The summed E-state index contributed by atoms with van der Waals surface area (Å²) in [6.07, 6.45) is 7.91. The van der Waals surface area contributed by atoms with Crippen LogP contribution in [0.3, 0.4) is 0 Å². The summed E-state index contributed by atoms with van der Waals surface area (Å²) in [4.78, 5) is 5.08. The summed E-state index contributed by atoms with van der Waals surface area (Å²) in [6.45, 7) is 13.6. The molecule has 0 aliphatic heterocycles. The van der Waals surface area contributed by atoms with Crippen molar-refractivity contribution in [3.8, 4) is 0 Å². The summed E-state index contributed by atoms with van der Waals surface area (Å²) < 4.78 is 2.29. The van der Waals surface area contributed by atoms with Crippen LogP contribution in [0.15, 0.2) is 0 Å². The van der Waals surface area contributed by atoms with Gasteiger partial charge in [-0.2, -0.15) is 0 Å². The maximum absolute atomic E-state index is 2.60. The third-order valence-electron chi connectivity index (χ3n) is 3.79. The van der Waals surface area contributed by atoms with E-state index >= 15 is 0 Å². The van der Waals surface area contributed by atoms with E-state index in [0.29, 0.717) is 0 Å². The molecular weight excluding hydrogens is 246 g/mol. The first-order chi connectivity index (χ1) is 9.62. The zero-order chi connectivity index (χ0) is 15.4. The van der Waals surface area contributed by atoms with E-state index in [1.807, 2.05) is 0 Å². The van der Waals surface area contributed by atoms with Gasteiger partial charge in [-0.15, -0.1) is 0 Å². The molecule has 0 aliphatic rings. The first kappa shape index (κ1) is 19.3. The fourth-order valence-electron chi connectivity index (χ4n) is 2.66. The Hall–Kier alpha value is -0.730. The Kier molecular flexibility index (Phi) is 11.6. The third-order valence-corrected chi connectivity index (χ3v) is 3.79. The van der Waals surface area contributed by atoms with E-state index in [0.717, 1.165) is 13.1 Å². The Bertz CT molecular complexity index is 253. The van der Waals surface area contributed by atoms with Crippen molar-refractivity contribution in [1.29, 1.82) is 0 Å². The predicted molar refractivity (Wildman–Crippen MR) is 90.7 cm³/mol. The fourth-order valence-corrected chi connectivity index (χ4v) is 2.66. The lowest BCUT2D eigenvalue weighted by Gasteiger charge is -2.28. The van der Waals surface area contributed by atoms with Crippen LogP contribution in [-0.2, 0) is 0 Å². The molecular formula is C17H38N3+. The Labute approximate surface area is 127 Å². The molecule has 0 unspecified atom stereocenters. The summed E-state index contributed by atoms with van der Waals surface area (Å²) in [6, 6.07) is 0. The second kappa shape index (κ2) is 12.0. The predicted octanol–water partition coefficient (Wildman–Crippen LogP) is 3.64. The first-order valence-corrected chi connectivity index (χ1v) is 8.66. The zero-order valence-electron chi connectivity index (χ0n) is 14.9. The monoisotopic (exact) mass is 284 g/mol. The molecule has 20 heavy (non-hydrogen) atoms. The van der Waals surface area contributed by atoms with Crippen LogP contribution in [-0.4, -0.2) is 60.6 Å². The molecule has 0 radical (unpaired) electrons. The van der Waals surface area contributed by atoms with Gasteiger partial charge in [-0.1, -0.05) is 39.5 Å². The van der Waals surface area contributed by atoms with E-state index in [9.17, 15) is 0 Å². The number of guanidine groups is 1. The molecule has 3 nitrogen and oxygen atoms in total. The third kappa shape index (κ3) is 7.16. The minimum absolute atomic E-state index is 1.08. The van der Waals surface area contributed by atoms with Crippen molar-refractivity contribution >= 4 is 5.96 Å². The van der Waals surface area contributed by atoms with Gasteiger partial charge in [0.2, 0.25) is 0 Å². The normalized spacial score (nSPS) is 10.5. The molecule has 0 aromatic rings. The Balaban J connectivity index is 4.79. The standard InChI is InChI=1S/C17H38N3/c1-7-11-13-14-16-20(15-12-8-2)17(18(5)6)19(9-3)10-4/h7-16H2,1-6H3/q+1. The number of hydrogen-bond donors (Lipinski definition) is 0. The average molecular weight is 285 g/mol. The van der Waals surface area contributed by atoms with Crippen molar-refractivity contribution in [1.82, 2.24) is 9.80 Å². The van der Waals surface area contributed by atoms with E-state index in [1.165, 1.54) is 57.6 Å². The van der Waals surface area contributed by atoms with Gasteiger partial charge in [-0.05, 0) is 26.7 Å². The van der Waals surface area contributed by atoms with Gasteiger partial charge < -0.3 is 0 Å². The van der Waals surface area contributed by atoms with Gasteiger partial charge in [-0.25, -0.2) is 0 Å². The van der Waals surface area contributed by atoms with Crippen molar-refractivity contribution in [2.75, 3.05) is 40.3 Å². The van der Waals surface area contributed by atoms with E-state index in [2.05, 4.69) is 56.2 Å². The van der Waals surface area contributed by atoms with Gasteiger partial charge >= 0.3 is 5.96 Å². The maximum Gasteiger partial charge on any atom is 0.350 e. The van der Waals surface area contributed by atoms with Gasteiger partial charge in [0.05, 0.1) is 40.3 Å². The summed E-state index contributed by atoms with van der Waals surface area (Å²) >= 11 is 0. The van der Waals surface area contributed by atoms with Crippen LogP contribution < -0.4 is 0 Å². The highest BCUT2D eigenvalue weighted by molar-refractivity contribution is 5.75. The van der Waals surface area contributed by atoms with E-state index in [4.69, 9.17) is 0 Å². The Morgan fingerprint density at radius 3 is 1.70 bits per heavy atom. The van der Waals surface area contributed by atoms with Crippen molar-refractivity contribution < 1.29 is 4.58 Å². The van der Waals surface area contributed by atoms with Crippen molar-refractivity contribution in [3.63, 3.8) is 0 Å². The molecule has 0 spiro atoms. The maximum atomic E-state index is 2.60. The van der Waals surface area contributed by atoms with Crippen molar-refractivity contribution in [2.45, 2.75) is 66.2 Å². The fraction of sp³-hybridized carbons (Fsp3) is 0.941. The number of rotatable bonds is 10. The van der Waals surface area contributed by atoms with Crippen LogP contribution >= 0.6 is 0 Å². The molecule has 0 aliphatic carbocycles. The van der Waals surface area contributed by atoms with Crippen LogP contribution in [0.5, 0.6) is 0 Å². The second-order valence-electron chi connectivity index (χ2n) is 5.77. The molecule has 0 rings (SSSR count). The van der Waals surface area contributed by atoms with Gasteiger partial charge in [0.15, 0.2) is 0 Å². The molecule has 0 atom stereocenters. The molecule has 0 saturated heterocycles. The van der Waals surface area contributed by atoms with Gasteiger partial charge in [-0.3, -0.25) is 14.4 Å². The van der Waals surface area contributed by atoms with Gasteiger partial charge in [0.25, 0.3) is 0 Å². The number of unbranched alkanes of at least 4 members (excludes halogenated alkanes) is 4. The molecule has 0 bridgehead atoms. The van der Waals surface area contributed by atoms with Crippen LogP contribution in [0.1, 0.15) is 66.2 Å². The molecule has 0 N–H and O–H groups in total. The van der Waals surface area contributed by atoms with Crippen LogP contribution in [0.2, 0.25) is 0 Å². The molecule has 3 heteroatoms.